The van der Waals surface area contributed by atoms with Gasteiger partial charge in [0.15, 0.2) is 0 Å². The SMILES string of the molecule is CC(C)(C)C(C(=O)O)=C(Cc1ccccc1)C(=O)O. The molecule has 0 unspecified atom stereocenters. The number of aliphatic carboxylic acids is 2. The summed E-state index contributed by atoms with van der Waals surface area (Å²) >= 11 is 0. The Morgan fingerprint density at radius 1 is 1.00 bits per heavy atom. The molecule has 0 atom stereocenters. The average molecular weight is 262 g/mol. The van der Waals surface area contributed by atoms with Gasteiger partial charge in [-0.25, -0.2) is 9.59 Å². The van der Waals surface area contributed by atoms with E-state index >= 15 is 0 Å². The lowest BCUT2D eigenvalue weighted by Gasteiger charge is -2.22. The highest BCUT2D eigenvalue weighted by molar-refractivity contribution is 5.99. The molecule has 0 aromatic heterocycles. The third kappa shape index (κ3) is 3.95. The second-order valence-corrected chi connectivity index (χ2v) is 5.38. The second kappa shape index (κ2) is 5.69. The molecular formula is C15H18O4. The van der Waals surface area contributed by atoms with Crippen molar-refractivity contribution in [2.75, 3.05) is 0 Å². The van der Waals surface area contributed by atoms with Crippen LogP contribution in [-0.4, -0.2) is 22.2 Å². The van der Waals surface area contributed by atoms with Crippen molar-refractivity contribution < 1.29 is 19.8 Å². The van der Waals surface area contributed by atoms with Crippen molar-refractivity contribution in [3.05, 3.63) is 47.0 Å². The van der Waals surface area contributed by atoms with E-state index in [9.17, 15) is 19.8 Å². The Morgan fingerprint density at radius 3 is 1.89 bits per heavy atom. The van der Waals surface area contributed by atoms with Crippen molar-refractivity contribution in [3.63, 3.8) is 0 Å². The molecule has 0 spiro atoms. The Kier molecular flexibility index (Phi) is 4.48. The van der Waals surface area contributed by atoms with Crippen molar-refractivity contribution in [2.45, 2.75) is 27.2 Å². The van der Waals surface area contributed by atoms with Gasteiger partial charge in [0.25, 0.3) is 0 Å². The first-order valence-corrected chi connectivity index (χ1v) is 5.97. The molecule has 102 valence electrons. The summed E-state index contributed by atoms with van der Waals surface area (Å²) in [7, 11) is 0. The molecule has 2 N–H and O–H groups in total. The van der Waals surface area contributed by atoms with E-state index in [1.165, 1.54) is 0 Å². The number of rotatable bonds is 4. The molecule has 0 fully saturated rings. The van der Waals surface area contributed by atoms with Crippen LogP contribution in [0, 0.1) is 5.41 Å². The monoisotopic (exact) mass is 262 g/mol. The Bertz CT molecular complexity index is 507. The molecule has 0 heterocycles. The van der Waals surface area contributed by atoms with Gasteiger partial charge in [0, 0.05) is 6.42 Å². The van der Waals surface area contributed by atoms with Crippen molar-refractivity contribution in [1.82, 2.24) is 0 Å². The van der Waals surface area contributed by atoms with E-state index in [2.05, 4.69) is 0 Å². The van der Waals surface area contributed by atoms with Crippen LogP contribution in [0.25, 0.3) is 0 Å². The molecule has 1 aromatic rings. The maximum atomic E-state index is 11.4. The lowest BCUT2D eigenvalue weighted by Crippen LogP contribution is -2.23. The molecule has 0 bridgehead atoms. The van der Waals surface area contributed by atoms with Gasteiger partial charge in [0.2, 0.25) is 0 Å². The van der Waals surface area contributed by atoms with E-state index in [0.717, 1.165) is 5.56 Å². The fraction of sp³-hybridized carbons (Fsp3) is 0.333. The number of hydrogen-bond acceptors (Lipinski definition) is 2. The van der Waals surface area contributed by atoms with Gasteiger partial charge in [-0.15, -0.1) is 0 Å². The highest BCUT2D eigenvalue weighted by atomic mass is 16.4. The Morgan fingerprint density at radius 2 is 1.53 bits per heavy atom. The predicted octanol–water partition coefficient (Wildman–Crippen LogP) is 2.74. The molecule has 0 saturated carbocycles. The van der Waals surface area contributed by atoms with Gasteiger partial charge in [0.1, 0.15) is 0 Å². The summed E-state index contributed by atoms with van der Waals surface area (Å²) in [5.74, 6) is -2.36. The van der Waals surface area contributed by atoms with Gasteiger partial charge < -0.3 is 10.2 Å². The van der Waals surface area contributed by atoms with Crippen LogP contribution in [0.5, 0.6) is 0 Å². The van der Waals surface area contributed by atoms with E-state index < -0.39 is 17.4 Å². The van der Waals surface area contributed by atoms with Crippen LogP contribution in [0.2, 0.25) is 0 Å². The first kappa shape index (κ1) is 15.0. The average Bonchev–Trinajstić information content (AvgIpc) is 2.27. The van der Waals surface area contributed by atoms with Gasteiger partial charge in [0.05, 0.1) is 11.1 Å². The van der Waals surface area contributed by atoms with Crippen molar-refractivity contribution in [2.24, 2.45) is 5.41 Å². The normalized spacial score (nSPS) is 12.8. The molecule has 0 radical (unpaired) electrons. The summed E-state index contributed by atoms with van der Waals surface area (Å²) in [6.07, 6.45) is 0.106. The fourth-order valence-electron chi connectivity index (χ4n) is 1.97. The summed E-state index contributed by atoms with van der Waals surface area (Å²) in [5.41, 5.74) is -0.0631. The molecule has 19 heavy (non-hydrogen) atoms. The zero-order valence-electron chi connectivity index (χ0n) is 11.3. The van der Waals surface area contributed by atoms with Crippen molar-refractivity contribution >= 4 is 11.9 Å². The molecule has 0 aliphatic carbocycles. The van der Waals surface area contributed by atoms with Gasteiger partial charge in [-0.1, -0.05) is 51.1 Å². The molecule has 1 aromatic carbocycles. The van der Waals surface area contributed by atoms with E-state index in [1.807, 2.05) is 6.07 Å². The molecule has 0 amide bonds. The molecule has 0 saturated heterocycles. The highest BCUT2D eigenvalue weighted by Crippen LogP contribution is 2.30. The first-order valence-electron chi connectivity index (χ1n) is 5.97. The topological polar surface area (TPSA) is 74.6 Å². The van der Waals surface area contributed by atoms with Crippen LogP contribution in [0.15, 0.2) is 41.5 Å². The van der Waals surface area contributed by atoms with E-state index in [4.69, 9.17) is 0 Å². The molecule has 4 heteroatoms. The van der Waals surface area contributed by atoms with Gasteiger partial charge in [-0.3, -0.25) is 0 Å². The van der Waals surface area contributed by atoms with Crippen LogP contribution in [0.3, 0.4) is 0 Å². The summed E-state index contributed by atoms with van der Waals surface area (Å²) in [5, 5.41) is 18.6. The number of carbonyl (C=O) groups is 2. The molecule has 0 aliphatic heterocycles. The van der Waals surface area contributed by atoms with Crippen molar-refractivity contribution in [3.8, 4) is 0 Å². The third-order valence-electron chi connectivity index (χ3n) is 2.75. The molecule has 0 aliphatic rings. The molecule has 1 rings (SSSR count). The van der Waals surface area contributed by atoms with Gasteiger partial charge in [-0.2, -0.15) is 0 Å². The zero-order chi connectivity index (χ0) is 14.6. The summed E-state index contributed by atoms with van der Waals surface area (Å²) in [4.78, 5) is 22.7. The first-order chi connectivity index (χ1) is 8.73. The predicted molar refractivity (Wildman–Crippen MR) is 71.9 cm³/mol. The van der Waals surface area contributed by atoms with Crippen LogP contribution < -0.4 is 0 Å². The van der Waals surface area contributed by atoms with Gasteiger partial charge >= 0.3 is 11.9 Å². The quantitative estimate of drug-likeness (QED) is 0.818. The van der Waals surface area contributed by atoms with Crippen LogP contribution in [-0.2, 0) is 16.0 Å². The second-order valence-electron chi connectivity index (χ2n) is 5.38. The number of carboxylic acid groups (broad SMARTS) is 2. The lowest BCUT2D eigenvalue weighted by molar-refractivity contribution is -0.136. The van der Waals surface area contributed by atoms with Gasteiger partial charge in [-0.05, 0) is 11.0 Å². The zero-order valence-corrected chi connectivity index (χ0v) is 11.3. The number of carboxylic acids is 2. The minimum absolute atomic E-state index is 0.0520. The third-order valence-corrected chi connectivity index (χ3v) is 2.75. The minimum atomic E-state index is -1.18. The molecular weight excluding hydrogens is 244 g/mol. The Hall–Kier alpha value is -2.10. The largest absolute Gasteiger partial charge is 0.478 e. The van der Waals surface area contributed by atoms with Crippen molar-refractivity contribution in [1.29, 1.82) is 0 Å². The fourth-order valence-corrected chi connectivity index (χ4v) is 1.97. The standard InChI is InChI=1S/C15H18O4/c1-15(2,3)12(14(18)19)11(13(16)17)9-10-7-5-4-6-8-10/h4-8H,9H2,1-3H3,(H,16,17)(H,18,19). The summed E-state index contributed by atoms with van der Waals surface area (Å²) in [6, 6.07) is 8.99. The number of hydrogen-bond donors (Lipinski definition) is 2. The lowest BCUT2D eigenvalue weighted by atomic mass is 9.81. The maximum absolute atomic E-state index is 11.4. The summed E-state index contributed by atoms with van der Waals surface area (Å²) in [6.45, 7) is 5.10. The van der Waals surface area contributed by atoms with Crippen LogP contribution in [0.4, 0.5) is 0 Å². The maximum Gasteiger partial charge on any atom is 0.332 e. The Labute approximate surface area is 112 Å². The van der Waals surface area contributed by atoms with E-state index in [-0.39, 0.29) is 17.6 Å². The Balaban J connectivity index is 3.32. The van der Waals surface area contributed by atoms with Crippen LogP contribution in [0.1, 0.15) is 26.3 Å². The number of benzene rings is 1. The smallest absolute Gasteiger partial charge is 0.332 e. The summed E-state index contributed by atoms with van der Waals surface area (Å²) < 4.78 is 0. The highest BCUT2D eigenvalue weighted by Gasteiger charge is 2.30. The minimum Gasteiger partial charge on any atom is -0.478 e. The molecule has 4 nitrogen and oxygen atoms in total. The van der Waals surface area contributed by atoms with Crippen LogP contribution >= 0.6 is 0 Å². The van der Waals surface area contributed by atoms with E-state index in [0.29, 0.717) is 0 Å². The van der Waals surface area contributed by atoms with E-state index in [1.54, 1.807) is 45.0 Å².